The maximum atomic E-state index is 13.3. The van der Waals surface area contributed by atoms with Crippen molar-refractivity contribution in [3.8, 4) is 11.3 Å². The number of rotatable bonds is 8. The van der Waals surface area contributed by atoms with Crippen molar-refractivity contribution in [1.82, 2.24) is 9.88 Å². The van der Waals surface area contributed by atoms with E-state index in [0.29, 0.717) is 24.4 Å². The second-order valence-corrected chi connectivity index (χ2v) is 7.66. The van der Waals surface area contributed by atoms with E-state index in [2.05, 4.69) is 4.98 Å². The minimum absolute atomic E-state index is 0.255. The zero-order valence-electron chi connectivity index (χ0n) is 18.3. The summed E-state index contributed by atoms with van der Waals surface area (Å²) in [6.45, 7) is 2.44. The summed E-state index contributed by atoms with van der Waals surface area (Å²) in [6, 6.07) is 26.3. The van der Waals surface area contributed by atoms with Gasteiger partial charge in [0.25, 0.3) is 5.91 Å². The molecule has 1 unspecified atom stereocenters. The van der Waals surface area contributed by atoms with Crippen molar-refractivity contribution in [3.63, 3.8) is 0 Å². The van der Waals surface area contributed by atoms with Gasteiger partial charge < -0.3 is 14.1 Å². The Labute approximate surface area is 192 Å². The molecule has 1 heterocycles. The van der Waals surface area contributed by atoms with Crippen LogP contribution in [-0.4, -0.2) is 27.9 Å². The summed E-state index contributed by atoms with van der Waals surface area (Å²) in [5.74, 6) is -0.204. The fraction of sp³-hybridized carbons (Fsp3) is 0.148. The predicted molar refractivity (Wildman–Crippen MR) is 124 cm³/mol. The van der Waals surface area contributed by atoms with Crippen LogP contribution in [0.3, 0.4) is 0 Å². The molecule has 6 nitrogen and oxygen atoms in total. The lowest BCUT2D eigenvalue weighted by molar-refractivity contribution is -0.141. The van der Waals surface area contributed by atoms with Crippen molar-refractivity contribution < 1.29 is 18.7 Å². The van der Waals surface area contributed by atoms with E-state index < -0.39 is 12.1 Å². The molecule has 6 heteroatoms. The molecule has 3 aromatic carbocycles. The molecule has 0 aliphatic carbocycles. The number of hydrogen-bond acceptors (Lipinski definition) is 5. The van der Waals surface area contributed by atoms with Crippen molar-refractivity contribution in [1.29, 1.82) is 0 Å². The summed E-state index contributed by atoms with van der Waals surface area (Å²) in [5.41, 5.74) is 3.16. The lowest BCUT2D eigenvalue weighted by Gasteiger charge is -2.26. The quantitative estimate of drug-likeness (QED) is 0.356. The van der Waals surface area contributed by atoms with E-state index in [1.165, 1.54) is 6.39 Å². The van der Waals surface area contributed by atoms with Crippen LogP contribution in [0, 0.1) is 0 Å². The van der Waals surface area contributed by atoms with E-state index in [4.69, 9.17) is 9.15 Å². The minimum Gasteiger partial charge on any atom is -0.449 e. The Kier molecular flexibility index (Phi) is 6.95. The molecule has 0 spiro atoms. The van der Waals surface area contributed by atoms with Crippen LogP contribution in [0.4, 0.5) is 0 Å². The molecular formula is C27H24N2O4. The van der Waals surface area contributed by atoms with E-state index >= 15 is 0 Å². The number of hydrogen-bond donors (Lipinski definition) is 0. The van der Waals surface area contributed by atoms with Crippen LogP contribution < -0.4 is 0 Å². The average Bonchev–Trinajstić information content (AvgIpc) is 3.40. The van der Waals surface area contributed by atoms with Gasteiger partial charge in [-0.2, -0.15) is 0 Å². The number of ether oxygens (including phenoxy) is 1. The van der Waals surface area contributed by atoms with Crippen molar-refractivity contribution in [2.45, 2.75) is 26.1 Å². The maximum Gasteiger partial charge on any atom is 0.338 e. The highest BCUT2D eigenvalue weighted by atomic mass is 16.5. The standard InChI is InChI=1S/C27H24N2O4/c1-20(33-27(31)24-14-12-23(13-15-24)25-16-28-19-32-25)26(30)29(17-21-8-4-2-5-9-21)18-22-10-6-3-7-11-22/h2-16,19-20H,17-18H2,1H3. The highest BCUT2D eigenvalue weighted by Gasteiger charge is 2.25. The fourth-order valence-corrected chi connectivity index (χ4v) is 3.48. The molecule has 0 fully saturated rings. The van der Waals surface area contributed by atoms with Crippen molar-refractivity contribution >= 4 is 11.9 Å². The highest BCUT2D eigenvalue weighted by molar-refractivity contribution is 5.92. The molecule has 0 aliphatic heterocycles. The number of oxazole rings is 1. The summed E-state index contributed by atoms with van der Waals surface area (Å²) in [6.07, 6.45) is 2.02. The first-order chi connectivity index (χ1) is 16.1. The summed E-state index contributed by atoms with van der Waals surface area (Å²) < 4.78 is 10.8. The second kappa shape index (κ2) is 10.4. The summed E-state index contributed by atoms with van der Waals surface area (Å²) in [5, 5.41) is 0. The van der Waals surface area contributed by atoms with Crippen LogP contribution in [-0.2, 0) is 22.6 Å². The zero-order chi connectivity index (χ0) is 23.0. The Bertz CT molecular complexity index is 1130. The van der Waals surface area contributed by atoms with Gasteiger partial charge in [-0.05, 0) is 30.2 Å². The van der Waals surface area contributed by atoms with Crippen molar-refractivity contribution in [3.05, 3.63) is 114 Å². The first kappa shape index (κ1) is 22.0. The van der Waals surface area contributed by atoms with Gasteiger partial charge in [-0.1, -0.05) is 72.8 Å². The molecule has 4 aromatic rings. The molecule has 33 heavy (non-hydrogen) atoms. The Morgan fingerprint density at radius 3 is 1.97 bits per heavy atom. The SMILES string of the molecule is CC(OC(=O)c1ccc(-c2cnco2)cc1)C(=O)N(Cc1ccccc1)Cc1ccccc1. The fourth-order valence-electron chi connectivity index (χ4n) is 3.48. The lowest BCUT2D eigenvalue weighted by atomic mass is 10.1. The average molecular weight is 440 g/mol. The normalized spacial score (nSPS) is 11.5. The Balaban J connectivity index is 1.45. The number of benzene rings is 3. The molecule has 0 aliphatic rings. The second-order valence-electron chi connectivity index (χ2n) is 7.66. The molecule has 0 radical (unpaired) electrons. The molecule has 166 valence electrons. The van der Waals surface area contributed by atoms with Crippen LogP contribution >= 0.6 is 0 Å². The van der Waals surface area contributed by atoms with E-state index in [9.17, 15) is 9.59 Å². The largest absolute Gasteiger partial charge is 0.449 e. The number of nitrogens with zero attached hydrogens (tertiary/aromatic N) is 2. The molecule has 4 rings (SSSR count). The van der Waals surface area contributed by atoms with E-state index in [-0.39, 0.29) is 5.91 Å². The van der Waals surface area contributed by atoms with Crippen molar-refractivity contribution in [2.24, 2.45) is 0 Å². The van der Waals surface area contributed by atoms with Gasteiger partial charge in [-0.3, -0.25) is 4.79 Å². The van der Waals surface area contributed by atoms with Gasteiger partial charge in [-0.15, -0.1) is 0 Å². The number of carbonyl (C=O) groups is 2. The van der Waals surface area contributed by atoms with E-state index in [1.54, 1.807) is 42.3 Å². The molecular weight excluding hydrogens is 416 g/mol. The third-order valence-corrected chi connectivity index (χ3v) is 5.21. The maximum absolute atomic E-state index is 13.3. The van der Waals surface area contributed by atoms with E-state index in [1.807, 2.05) is 60.7 Å². The lowest BCUT2D eigenvalue weighted by Crippen LogP contribution is -2.39. The van der Waals surface area contributed by atoms with Crippen LogP contribution in [0.2, 0.25) is 0 Å². The molecule has 1 aromatic heterocycles. The molecule has 1 atom stereocenters. The summed E-state index contributed by atoms with van der Waals surface area (Å²) in [4.78, 5) is 31.5. The van der Waals surface area contributed by atoms with Crippen LogP contribution in [0.25, 0.3) is 11.3 Å². The third kappa shape index (κ3) is 5.74. The van der Waals surface area contributed by atoms with Gasteiger partial charge in [-0.25, -0.2) is 9.78 Å². The number of amides is 1. The minimum atomic E-state index is -0.932. The monoisotopic (exact) mass is 440 g/mol. The van der Waals surface area contributed by atoms with Gasteiger partial charge >= 0.3 is 5.97 Å². The molecule has 0 saturated heterocycles. The first-order valence-corrected chi connectivity index (χ1v) is 10.7. The number of esters is 1. The van der Waals surface area contributed by atoms with Gasteiger partial charge in [0.15, 0.2) is 18.3 Å². The van der Waals surface area contributed by atoms with E-state index in [0.717, 1.165) is 16.7 Å². The van der Waals surface area contributed by atoms with Crippen LogP contribution in [0.1, 0.15) is 28.4 Å². The molecule has 1 amide bonds. The van der Waals surface area contributed by atoms with Crippen molar-refractivity contribution in [2.75, 3.05) is 0 Å². The summed E-state index contributed by atoms with van der Waals surface area (Å²) in [7, 11) is 0. The molecule has 0 saturated carbocycles. The van der Waals surface area contributed by atoms with Gasteiger partial charge in [0.2, 0.25) is 0 Å². The first-order valence-electron chi connectivity index (χ1n) is 10.7. The Hall–Kier alpha value is -4.19. The smallest absolute Gasteiger partial charge is 0.338 e. The number of carbonyl (C=O) groups excluding carboxylic acids is 2. The van der Waals surface area contributed by atoms with Crippen LogP contribution in [0.5, 0.6) is 0 Å². The Morgan fingerprint density at radius 2 is 1.45 bits per heavy atom. The highest BCUT2D eigenvalue weighted by Crippen LogP contribution is 2.20. The number of aromatic nitrogens is 1. The molecule has 0 N–H and O–H groups in total. The van der Waals surface area contributed by atoms with Gasteiger partial charge in [0, 0.05) is 18.7 Å². The summed E-state index contributed by atoms with van der Waals surface area (Å²) >= 11 is 0. The van der Waals surface area contributed by atoms with Gasteiger partial charge in [0.1, 0.15) is 0 Å². The third-order valence-electron chi connectivity index (χ3n) is 5.21. The van der Waals surface area contributed by atoms with Gasteiger partial charge in [0.05, 0.1) is 11.8 Å². The topological polar surface area (TPSA) is 72.6 Å². The van der Waals surface area contributed by atoms with Crippen LogP contribution in [0.15, 0.2) is 102 Å². The Morgan fingerprint density at radius 1 is 0.879 bits per heavy atom. The predicted octanol–water partition coefficient (Wildman–Crippen LogP) is 5.12. The molecule has 0 bridgehead atoms. The zero-order valence-corrected chi connectivity index (χ0v) is 18.3.